The summed E-state index contributed by atoms with van der Waals surface area (Å²) in [6, 6.07) is 11.0. The summed E-state index contributed by atoms with van der Waals surface area (Å²) in [6.07, 6.45) is 4.03. The fraction of sp³-hybridized carbons (Fsp3) is 0.286. The van der Waals surface area contributed by atoms with E-state index in [1.54, 1.807) is 24.3 Å². The molecule has 27 heavy (non-hydrogen) atoms. The first-order valence-corrected chi connectivity index (χ1v) is 9.08. The van der Waals surface area contributed by atoms with Gasteiger partial charge in [-0.05, 0) is 42.8 Å². The van der Waals surface area contributed by atoms with Crippen LogP contribution in [0.25, 0.3) is 0 Å². The van der Waals surface area contributed by atoms with Crippen LogP contribution in [-0.4, -0.2) is 24.4 Å². The van der Waals surface area contributed by atoms with E-state index in [9.17, 15) is 14.4 Å². The van der Waals surface area contributed by atoms with Crippen LogP contribution in [0.3, 0.4) is 0 Å². The van der Waals surface area contributed by atoms with E-state index in [-0.39, 0.29) is 16.7 Å². The molecule has 0 radical (unpaired) electrons. The largest absolute Gasteiger partial charge is 0.462 e. The Kier molecular flexibility index (Phi) is 5.54. The van der Waals surface area contributed by atoms with Gasteiger partial charge in [-0.2, -0.15) is 0 Å². The molecule has 0 aromatic heterocycles. The average molecular weight is 366 g/mol. The lowest BCUT2D eigenvalue weighted by Crippen LogP contribution is -2.29. The van der Waals surface area contributed by atoms with Crippen molar-refractivity contribution in [3.05, 3.63) is 59.2 Å². The number of nitrogens with two attached hydrogens (primary N) is 1. The lowest BCUT2D eigenvalue weighted by molar-refractivity contribution is 0.0497. The smallest absolute Gasteiger partial charge is 0.338 e. The quantitative estimate of drug-likeness (QED) is 0.348. The maximum atomic E-state index is 12.7. The van der Waals surface area contributed by atoms with Gasteiger partial charge in [0.25, 0.3) is 11.8 Å². The topological polar surface area (TPSA) is 89.7 Å². The summed E-state index contributed by atoms with van der Waals surface area (Å²) in [6.45, 7) is 2.46. The van der Waals surface area contributed by atoms with Gasteiger partial charge < -0.3 is 10.5 Å². The maximum Gasteiger partial charge on any atom is 0.338 e. The van der Waals surface area contributed by atoms with Crippen molar-refractivity contribution in [3.8, 4) is 0 Å². The Morgan fingerprint density at radius 1 is 1.00 bits per heavy atom. The number of hydrogen-bond donors (Lipinski definition) is 1. The third-order valence-corrected chi connectivity index (χ3v) is 4.48. The van der Waals surface area contributed by atoms with Gasteiger partial charge in [-0.3, -0.25) is 9.59 Å². The van der Waals surface area contributed by atoms with E-state index in [0.717, 1.165) is 30.6 Å². The summed E-state index contributed by atoms with van der Waals surface area (Å²) in [5.41, 5.74) is 7.34. The molecule has 140 valence electrons. The minimum absolute atomic E-state index is 0.197. The van der Waals surface area contributed by atoms with Gasteiger partial charge in [0.15, 0.2) is 0 Å². The van der Waals surface area contributed by atoms with Crippen LogP contribution in [0.1, 0.15) is 63.7 Å². The van der Waals surface area contributed by atoms with E-state index < -0.39 is 17.8 Å². The van der Waals surface area contributed by atoms with E-state index in [1.807, 2.05) is 0 Å². The zero-order chi connectivity index (χ0) is 19.4. The maximum absolute atomic E-state index is 12.7. The van der Waals surface area contributed by atoms with Crippen molar-refractivity contribution in [2.75, 3.05) is 17.2 Å². The molecular weight excluding hydrogens is 344 g/mol. The molecular formula is C21H22N2O4. The second-order valence-electron chi connectivity index (χ2n) is 6.50. The van der Waals surface area contributed by atoms with Gasteiger partial charge in [0.1, 0.15) is 0 Å². The molecule has 0 aliphatic carbocycles. The van der Waals surface area contributed by atoms with Crippen molar-refractivity contribution >= 4 is 29.2 Å². The van der Waals surface area contributed by atoms with Crippen LogP contribution >= 0.6 is 0 Å². The molecule has 0 unspecified atom stereocenters. The van der Waals surface area contributed by atoms with Crippen molar-refractivity contribution in [3.63, 3.8) is 0 Å². The number of carbonyl (C=O) groups is 3. The normalized spacial score (nSPS) is 13.0. The third kappa shape index (κ3) is 3.84. The Balaban J connectivity index is 1.76. The molecule has 6 heteroatoms. The van der Waals surface area contributed by atoms with Gasteiger partial charge in [0.05, 0.1) is 29.0 Å². The molecule has 0 saturated heterocycles. The number of fused-ring (bicyclic) bond motifs is 1. The summed E-state index contributed by atoms with van der Waals surface area (Å²) < 4.78 is 5.26. The van der Waals surface area contributed by atoms with Gasteiger partial charge in [-0.25, -0.2) is 9.69 Å². The third-order valence-electron chi connectivity index (χ3n) is 4.48. The number of hydrogen-bond acceptors (Lipinski definition) is 5. The Labute approximate surface area is 157 Å². The molecule has 0 atom stereocenters. The fourth-order valence-electron chi connectivity index (χ4n) is 3.04. The summed E-state index contributed by atoms with van der Waals surface area (Å²) in [5.74, 6) is -1.39. The molecule has 6 nitrogen and oxygen atoms in total. The number of imide groups is 1. The molecule has 2 amide bonds. The number of nitrogen functional groups attached to an aromatic ring is 1. The van der Waals surface area contributed by atoms with E-state index >= 15 is 0 Å². The number of anilines is 2. The van der Waals surface area contributed by atoms with Crippen molar-refractivity contribution in [1.82, 2.24) is 0 Å². The molecule has 2 N–H and O–H groups in total. The Morgan fingerprint density at radius 3 is 2.52 bits per heavy atom. The van der Waals surface area contributed by atoms with Crippen molar-refractivity contribution in [2.24, 2.45) is 0 Å². The number of esters is 1. The molecule has 0 fully saturated rings. The molecule has 1 heterocycles. The zero-order valence-corrected chi connectivity index (χ0v) is 15.2. The van der Waals surface area contributed by atoms with Crippen LogP contribution in [0.15, 0.2) is 42.5 Å². The molecule has 2 aromatic rings. The van der Waals surface area contributed by atoms with Crippen molar-refractivity contribution in [2.45, 2.75) is 32.6 Å². The minimum Gasteiger partial charge on any atom is -0.462 e. The zero-order valence-electron chi connectivity index (χ0n) is 15.2. The van der Waals surface area contributed by atoms with Crippen molar-refractivity contribution in [1.29, 1.82) is 0 Å². The highest BCUT2D eigenvalue weighted by Crippen LogP contribution is 2.30. The Hall–Kier alpha value is -3.15. The summed E-state index contributed by atoms with van der Waals surface area (Å²) in [7, 11) is 0. The van der Waals surface area contributed by atoms with Crippen LogP contribution < -0.4 is 10.6 Å². The van der Waals surface area contributed by atoms with Crippen LogP contribution in [0.2, 0.25) is 0 Å². The lowest BCUT2D eigenvalue weighted by atomic mass is 10.1. The Morgan fingerprint density at radius 2 is 1.78 bits per heavy atom. The second-order valence-corrected chi connectivity index (χ2v) is 6.50. The van der Waals surface area contributed by atoms with E-state index in [0.29, 0.717) is 18.0 Å². The molecule has 0 spiro atoms. The minimum atomic E-state index is -0.489. The highest BCUT2D eigenvalue weighted by atomic mass is 16.5. The number of unbranched alkanes of at least 4 members (excludes halogenated alkanes) is 3. The van der Waals surface area contributed by atoms with E-state index in [1.165, 1.54) is 18.2 Å². The molecule has 0 saturated carbocycles. The predicted octanol–water partition coefficient (Wildman–Crippen LogP) is 3.81. The Bertz CT molecular complexity index is 892. The predicted molar refractivity (Wildman–Crippen MR) is 103 cm³/mol. The first-order chi connectivity index (χ1) is 13.0. The summed E-state index contributed by atoms with van der Waals surface area (Å²) in [4.78, 5) is 38.6. The van der Waals surface area contributed by atoms with Crippen LogP contribution in [0.5, 0.6) is 0 Å². The fourth-order valence-corrected chi connectivity index (χ4v) is 3.04. The second kappa shape index (κ2) is 8.03. The van der Waals surface area contributed by atoms with Gasteiger partial charge in [-0.1, -0.05) is 32.3 Å². The van der Waals surface area contributed by atoms with Crippen LogP contribution in [0, 0.1) is 0 Å². The van der Waals surface area contributed by atoms with Gasteiger partial charge >= 0.3 is 5.97 Å². The van der Waals surface area contributed by atoms with Gasteiger partial charge in [0, 0.05) is 5.69 Å². The summed E-state index contributed by atoms with van der Waals surface area (Å²) in [5, 5.41) is 0. The first-order valence-electron chi connectivity index (χ1n) is 9.08. The standard InChI is InChI=1S/C21H22N2O4/c1-2-3-4-5-11-27-21(26)14-9-10-17-18(12-14)20(25)23(19(17)24)16-8-6-7-15(22)13-16/h6-10,12-13H,2-5,11,22H2,1H3. The molecule has 3 rings (SSSR count). The highest BCUT2D eigenvalue weighted by Gasteiger charge is 2.37. The molecule has 1 aliphatic heterocycles. The van der Waals surface area contributed by atoms with Crippen molar-refractivity contribution < 1.29 is 19.1 Å². The first kappa shape index (κ1) is 18.6. The monoisotopic (exact) mass is 366 g/mol. The number of ether oxygens (including phenoxy) is 1. The lowest BCUT2D eigenvalue weighted by Gasteiger charge is -2.14. The van der Waals surface area contributed by atoms with E-state index in [4.69, 9.17) is 10.5 Å². The van der Waals surface area contributed by atoms with Gasteiger partial charge in [-0.15, -0.1) is 0 Å². The van der Waals surface area contributed by atoms with Gasteiger partial charge in [0.2, 0.25) is 0 Å². The SMILES string of the molecule is CCCCCCOC(=O)c1ccc2c(c1)C(=O)N(c1cccc(N)c1)C2=O. The number of amides is 2. The number of rotatable bonds is 7. The number of benzene rings is 2. The molecule has 1 aliphatic rings. The average Bonchev–Trinajstić information content (AvgIpc) is 2.91. The van der Waals surface area contributed by atoms with Crippen LogP contribution in [-0.2, 0) is 4.74 Å². The van der Waals surface area contributed by atoms with E-state index in [2.05, 4.69) is 6.92 Å². The van der Waals surface area contributed by atoms with Crippen LogP contribution in [0.4, 0.5) is 11.4 Å². The highest BCUT2D eigenvalue weighted by molar-refractivity contribution is 6.34. The molecule has 0 bridgehead atoms. The molecule has 2 aromatic carbocycles. The number of carbonyl (C=O) groups excluding carboxylic acids is 3. The number of nitrogens with zero attached hydrogens (tertiary/aromatic N) is 1. The summed E-state index contributed by atoms with van der Waals surface area (Å²) >= 11 is 0.